The van der Waals surface area contributed by atoms with Gasteiger partial charge in [0.25, 0.3) is 0 Å². The van der Waals surface area contributed by atoms with Gasteiger partial charge in [0.1, 0.15) is 0 Å². The van der Waals surface area contributed by atoms with Crippen LogP contribution in [-0.4, -0.2) is 33.9 Å². The lowest BCUT2D eigenvalue weighted by atomic mass is 10.2. The van der Waals surface area contributed by atoms with Crippen molar-refractivity contribution in [2.24, 2.45) is 0 Å². The van der Waals surface area contributed by atoms with Crippen molar-refractivity contribution in [1.29, 1.82) is 0 Å². The van der Waals surface area contributed by atoms with Crippen LogP contribution in [0.4, 0.5) is 11.4 Å². The molecule has 0 spiro atoms. The molecule has 0 aliphatic carbocycles. The molecule has 1 N–H and O–H groups in total. The molecule has 9 heteroatoms. The van der Waals surface area contributed by atoms with Crippen LogP contribution in [0.5, 0.6) is 11.5 Å². The minimum Gasteiger partial charge on any atom is -0.454 e. The number of benzene rings is 2. The van der Waals surface area contributed by atoms with Gasteiger partial charge in [-0.15, -0.1) is 0 Å². The monoisotopic (exact) mass is 396 g/mol. The molecule has 26 heavy (non-hydrogen) atoms. The Morgan fingerprint density at radius 1 is 1.19 bits per heavy atom. The van der Waals surface area contributed by atoms with E-state index >= 15 is 0 Å². The number of ether oxygens (including phenoxy) is 2. The number of carbonyl (C=O) groups is 1. The number of hydrogen-bond acceptors (Lipinski definition) is 5. The molecule has 0 aromatic heterocycles. The normalized spacial score (nSPS) is 12.7. The van der Waals surface area contributed by atoms with Gasteiger partial charge in [-0.05, 0) is 30.3 Å². The molecule has 2 aromatic carbocycles. The highest BCUT2D eigenvalue weighted by Gasteiger charge is 2.22. The van der Waals surface area contributed by atoms with Gasteiger partial charge in [0.15, 0.2) is 11.5 Å². The molecular formula is C17H17ClN2O5S. The third kappa shape index (κ3) is 4.39. The summed E-state index contributed by atoms with van der Waals surface area (Å²) in [6, 6.07) is 11.6. The maximum Gasteiger partial charge on any atom is 0.232 e. The van der Waals surface area contributed by atoms with Crippen LogP contribution in [-0.2, 0) is 14.8 Å². The molecule has 0 saturated carbocycles. The first-order chi connectivity index (χ1) is 12.3. The molecule has 1 aliphatic rings. The molecule has 0 bridgehead atoms. The first-order valence-corrected chi connectivity index (χ1v) is 9.98. The van der Waals surface area contributed by atoms with Gasteiger partial charge in [0.2, 0.25) is 22.7 Å². The smallest absolute Gasteiger partial charge is 0.232 e. The molecule has 0 atom stereocenters. The fourth-order valence-corrected chi connectivity index (χ4v) is 3.63. The van der Waals surface area contributed by atoms with Crippen LogP contribution >= 0.6 is 11.6 Å². The molecule has 1 heterocycles. The average Bonchev–Trinajstić information content (AvgIpc) is 3.01. The fraction of sp³-hybridized carbons (Fsp3) is 0.235. The number of amides is 1. The first-order valence-electron chi connectivity index (χ1n) is 7.76. The van der Waals surface area contributed by atoms with E-state index in [1.165, 1.54) is 0 Å². The summed E-state index contributed by atoms with van der Waals surface area (Å²) in [6.07, 6.45) is 1.07. The molecule has 0 fully saturated rings. The van der Waals surface area contributed by atoms with Gasteiger partial charge in [0, 0.05) is 29.7 Å². The number of fused-ring (bicyclic) bond motifs is 1. The summed E-state index contributed by atoms with van der Waals surface area (Å²) >= 11 is 5.88. The zero-order chi connectivity index (χ0) is 18.7. The van der Waals surface area contributed by atoms with Gasteiger partial charge in [-0.2, -0.15) is 0 Å². The van der Waals surface area contributed by atoms with Gasteiger partial charge in [-0.3, -0.25) is 9.10 Å². The van der Waals surface area contributed by atoms with Crippen LogP contribution in [0, 0.1) is 0 Å². The van der Waals surface area contributed by atoms with Crippen molar-refractivity contribution in [2.45, 2.75) is 6.42 Å². The van der Waals surface area contributed by atoms with E-state index in [9.17, 15) is 13.2 Å². The van der Waals surface area contributed by atoms with E-state index in [1.54, 1.807) is 42.5 Å². The Morgan fingerprint density at radius 3 is 2.69 bits per heavy atom. The number of sulfonamides is 1. The van der Waals surface area contributed by atoms with E-state index in [4.69, 9.17) is 21.1 Å². The number of nitrogens with zero attached hydrogens (tertiary/aromatic N) is 1. The second-order valence-corrected chi connectivity index (χ2v) is 8.02. The number of halogens is 1. The van der Waals surface area contributed by atoms with E-state index in [-0.39, 0.29) is 25.7 Å². The predicted octanol–water partition coefficient (Wildman–Crippen LogP) is 2.86. The fourth-order valence-electron chi connectivity index (χ4n) is 2.52. The molecule has 138 valence electrons. The maximum absolute atomic E-state index is 12.2. The number of carbonyl (C=O) groups excluding carboxylic acids is 1. The molecule has 0 radical (unpaired) electrons. The number of anilines is 2. The highest BCUT2D eigenvalue weighted by atomic mass is 35.5. The Hall–Kier alpha value is -2.45. The Morgan fingerprint density at radius 2 is 1.96 bits per heavy atom. The van der Waals surface area contributed by atoms with Crippen molar-refractivity contribution < 1.29 is 22.7 Å². The third-order valence-electron chi connectivity index (χ3n) is 3.69. The van der Waals surface area contributed by atoms with Crippen molar-refractivity contribution in [3.05, 3.63) is 47.5 Å². The molecule has 0 saturated heterocycles. The van der Waals surface area contributed by atoms with E-state index in [0.29, 0.717) is 27.9 Å². The van der Waals surface area contributed by atoms with Crippen molar-refractivity contribution in [2.75, 3.05) is 29.2 Å². The Balaban J connectivity index is 1.70. The van der Waals surface area contributed by atoms with Gasteiger partial charge in [-0.25, -0.2) is 8.42 Å². The molecular weight excluding hydrogens is 380 g/mol. The van der Waals surface area contributed by atoms with Gasteiger partial charge >= 0.3 is 0 Å². The summed E-state index contributed by atoms with van der Waals surface area (Å²) in [6.45, 7) is 0.0879. The van der Waals surface area contributed by atoms with Crippen LogP contribution < -0.4 is 19.1 Å². The number of nitrogens with one attached hydrogen (secondary N) is 1. The largest absolute Gasteiger partial charge is 0.454 e. The highest BCUT2D eigenvalue weighted by molar-refractivity contribution is 7.92. The second-order valence-electron chi connectivity index (χ2n) is 5.68. The van der Waals surface area contributed by atoms with Gasteiger partial charge in [0.05, 0.1) is 11.9 Å². The van der Waals surface area contributed by atoms with E-state index < -0.39 is 10.0 Å². The summed E-state index contributed by atoms with van der Waals surface area (Å²) in [4.78, 5) is 12.2. The van der Waals surface area contributed by atoms with Gasteiger partial charge in [-0.1, -0.05) is 17.7 Å². The van der Waals surface area contributed by atoms with E-state index in [1.807, 2.05) is 0 Å². The summed E-state index contributed by atoms with van der Waals surface area (Å²) in [5.74, 6) is 0.710. The molecule has 1 amide bonds. The topological polar surface area (TPSA) is 84.9 Å². The lowest BCUT2D eigenvalue weighted by Crippen LogP contribution is -2.33. The van der Waals surface area contributed by atoms with Crippen molar-refractivity contribution in [3.8, 4) is 11.5 Å². The van der Waals surface area contributed by atoms with Crippen LogP contribution in [0.1, 0.15) is 6.42 Å². The highest BCUT2D eigenvalue weighted by Crippen LogP contribution is 2.36. The van der Waals surface area contributed by atoms with E-state index in [2.05, 4.69) is 5.32 Å². The summed E-state index contributed by atoms with van der Waals surface area (Å²) < 4.78 is 36.0. The Kier molecular flexibility index (Phi) is 5.24. The maximum atomic E-state index is 12.2. The summed E-state index contributed by atoms with van der Waals surface area (Å²) in [7, 11) is -3.57. The zero-order valence-corrected chi connectivity index (χ0v) is 15.5. The SMILES string of the molecule is CS(=O)(=O)N(CCC(=O)Nc1cccc(Cl)c1)c1ccc2c(c1)OCO2. The Labute approximate surface area is 156 Å². The molecule has 0 unspecified atom stereocenters. The van der Waals surface area contributed by atoms with Gasteiger partial charge < -0.3 is 14.8 Å². The first kappa shape index (κ1) is 18.3. The average molecular weight is 397 g/mol. The molecule has 3 rings (SSSR count). The standard InChI is InChI=1S/C17H17ClN2O5S/c1-26(22,23)20(14-5-6-15-16(10-14)25-11-24-15)8-7-17(21)19-13-4-2-3-12(18)9-13/h2-6,9-10H,7-8,11H2,1H3,(H,19,21). The quantitative estimate of drug-likeness (QED) is 0.811. The van der Waals surface area contributed by atoms with Crippen molar-refractivity contribution in [1.82, 2.24) is 0 Å². The van der Waals surface area contributed by atoms with Crippen molar-refractivity contribution in [3.63, 3.8) is 0 Å². The summed E-state index contributed by atoms with van der Waals surface area (Å²) in [5.41, 5.74) is 0.962. The molecule has 2 aromatic rings. The van der Waals surface area contributed by atoms with Crippen molar-refractivity contribution >= 4 is 38.9 Å². The second kappa shape index (κ2) is 7.43. The lowest BCUT2D eigenvalue weighted by Gasteiger charge is -2.22. The number of hydrogen-bond donors (Lipinski definition) is 1. The minimum absolute atomic E-state index is 0.00905. The molecule has 1 aliphatic heterocycles. The lowest BCUT2D eigenvalue weighted by molar-refractivity contribution is -0.116. The number of rotatable bonds is 6. The van der Waals surface area contributed by atoms with Crippen LogP contribution in [0.2, 0.25) is 5.02 Å². The van der Waals surface area contributed by atoms with Crippen LogP contribution in [0.3, 0.4) is 0 Å². The predicted molar refractivity (Wildman–Crippen MR) is 99.5 cm³/mol. The van der Waals surface area contributed by atoms with Crippen LogP contribution in [0.15, 0.2) is 42.5 Å². The summed E-state index contributed by atoms with van der Waals surface area (Å²) in [5, 5.41) is 3.19. The third-order valence-corrected chi connectivity index (χ3v) is 5.12. The zero-order valence-electron chi connectivity index (χ0n) is 13.9. The molecule has 7 nitrogen and oxygen atoms in total. The Bertz CT molecular complexity index is 933. The van der Waals surface area contributed by atoms with Crippen LogP contribution in [0.25, 0.3) is 0 Å². The van der Waals surface area contributed by atoms with E-state index in [0.717, 1.165) is 10.6 Å². The minimum atomic E-state index is -3.57.